The maximum atomic E-state index is 2.54. The van der Waals surface area contributed by atoms with Crippen LogP contribution < -0.4 is 26.8 Å². The predicted octanol–water partition coefficient (Wildman–Crippen LogP) is 4.24. The van der Waals surface area contributed by atoms with Crippen molar-refractivity contribution in [3.8, 4) is 0 Å². The minimum Gasteiger partial charge on any atom is -0.0689 e. The van der Waals surface area contributed by atoms with E-state index in [-0.39, 0.29) is 6.71 Å². The van der Waals surface area contributed by atoms with Crippen LogP contribution in [0.2, 0.25) is 13.1 Å². The van der Waals surface area contributed by atoms with Crippen molar-refractivity contribution in [2.24, 2.45) is 0 Å². The van der Waals surface area contributed by atoms with Crippen molar-refractivity contribution in [1.29, 1.82) is 0 Å². The fourth-order valence-electron chi connectivity index (χ4n) is 6.27. The molecule has 6 aromatic rings. The number of benzene rings is 6. The average Bonchev–Trinajstić information content (AvgIpc) is 2.91. The van der Waals surface area contributed by atoms with Gasteiger partial charge in [0.25, 0.3) is 0 Å². The Bertz CT molecular complexity index is 1650. The van der Waals surface area contributed by atoms with Crippen LogP contribution in [0.15, 0.2) is 103 Å². The van der Waals surface area contributed by atoms with Crippen LogP contribution in [0, 0.1) is 0 Å². The van der Waals surface area contributed by atoms with Crippen LogP contribution in [-0.4, -0.2) is 14.8 Å². The van der Waals surface area contributed by atoms with Gasteiger partial charge >= 0.3 is 0 Å². The van der Waals surface area contributed by atoms with E-state index in [4.69, 9.17) is 0 Å². The van der Waals surface area contributed by atoms with Crippen molar-refractivity contribution in [2.75, 3.05) is 0 Å². The highest BCUT2D eigenvalue weighted by Crippen LogP contribution is 2.34. The van der Waals surface area contributed by atoms with E-state index in [9.17, 15) is 0 Å². The van der Waals surface area contributed by atoms with Gasteiger partial charge in [-0.25, -0.2) is 0 Å². The molecule has 0 aliphatic carbocycles. The maximum absolute atomic E-state index is 2.54. The first-order valence-electron chi connectivity index (χ1n) is 11.5. The Balaban J connectivity index is 1.77. The summed E-state index contributed by atoms with van der Waals surface area (Å²) < 4.78 is 0. The summed E-state index contributed by atoms with van der Waals surface area (Å²) in [5, 5.41) is 11.6. The van der Waals surface area contributed by atoms with Crippen LogP contribution in [0.25, 0.3) is 32.3 Å². The molecule has 0 amide bonds. The molecule has 1 aliphatic heterocycles. The smallest absolute Gasteiger partial charge is 0.0689 e. The first-order valence-corrected chi connectivity index (χ1v) is 14.5. The van der Waals surface area contributed by atoms with E-state index in [1.54, 1.807) is 10.4 Å². The van der Waals surface area contributed by atoms with Gasteiger partial charge in [0.1, 0.15) is 8.07 Å². The van der Waals surface area contributed by atoms with E-state index in [0.29, 0.717) is 0 Å². The fraction of sp³-hybridized carbons (Fsp3) is 0.0667. The van der Waals surface area contributed by atoms with Gasteiger partial charge in [-0.05, 0) is 37.5 Å². The molecule has 0 unspecified atom stereocenters. The molecule has 0 atom stereocenters. The maximum Gasteiger partial charge on any atom is 0.241 e. The van der Waals surface area contributed by atoms with Crippen molar-refractivity contribution >= 4 is 73.9 Å². The summed E-state index contributed by atoms with van der Waals surface area (Å²) >= 11 is 0. The molecular weight excluding hydrogens is 399 g/mol. The second kappa shape index (κ2) is 6.34. The monoisotopic (exact) mass is 422 g/mol. The summed E-state index contributed by atoms with van der Waals surface area (Å²) in [6.07, 6.45) is 0. The average molecular weight is 422 g/mol. The lowest BCUT2D eigenvalue weighted by Crippen LogP contribution is -2.62. The van der Waals surface area contributed by atoms with Crippen LogP contribution >= 0.6 is 0 Å². The summed E-state index contributed by atoms with van der Waals surface area (Å²) in [6.45, 7) is 5.32. The molecule has 150 valence electrons. The first-order chi connectivity index (χ1) is 15.6. The molecule has 0 N–H and O–H groups in total. The first kappa shape index (κ1) is 18.2. The lowest BCUT2D eigenvalue weighted by Gasteiger charge is -2.27. The highest BCUT2D eigenvalue weighted by atomic mass is 28.3. The summed E-state index contributed by atoms with van der Waals surface area (Å²) in [6, 6.07) is 39.0. The molecule has 0 bridgehead atoms. The van der Waals surface area contributed by atoms with E-state index in [0.717, 1.165) is 0 Å². The topological polar surface area (TPSA) is 0 Å². The Morgan fingerprint density at radius 3 is 2.03 bits per heavy atom. The van der Waals surface area contributed by atoms with Gasteiger partial charge in [-0.1, -0.05) is 138 Å². The lowest BCUT2D eigenvalue weighted by atomic mass is 9.36. The molecule has 1 heterocycles. The van der Waals surface area contributed by atoms with E-state index in [1.165, 1.54) is 48.7 Å². The second-order valence-corrected chi connectivity index (χ2v) is 14.1. The van der Waals surface area contributed by atoms with Gasteiger partial charge in [-0.2, -0.15) is 0 Å². The van der Waals surface area contributed by atoms with E-state index in [1.807, 2.05) is 0 Å². The number of fused-ring (bicyclic) bond motifs is 1. The molecule has 0 radical (unpaired) electrons. The highest BCUT2D eigenvalue weighted by molar-refractivity contribution is 7.10. The molecule has 7 rings (SSSR count). The number of hydrogen-bond acceptors (Lipinski definition) is 0. The van der Waals surface area contributed by atoms with Gasteiger partial charge in [0.2, 0.25) is 6.71 Å². The quantitative estimate of drug-likeness (QED) is 0.275. The minimum atomic E-state index is -1.91. The summed E-state index contributed by atoms with van der Waals surface area (Å²) in [7, 11) is -1.91. The molecule has 2 heteroatoms. The normalized spacial score (nSPS) is 14.8. The SMILES string of the molecule is C[Si]1(C)c2ccccc2B(c2ccccc2)c2cc3cccc4ccc5ccc1c2c5c43. The molecule has 0 fully saturated rings. The van der Waals surface area contributed by atoms with Gasteiger partial charge in [0.15, 0.2) is 0 Å². The van der Waals surface area contributed by atoms with E-state index in [2.05, 4.69) is 116 Å². The van der Waals surface area contributed by atoms with Crippen molar-refractivity contribution in [3.05, 3.63) is 103 Å². The number of rotatable bonds is 1. The molecule has 1 aliphatic rings. The molecule has 0 saturated heterocycles. The third kappa shape index (κ3) is 2.28. The van der Waals surface area contributed by atoms with Gasteiger partial charge in [0, 0.05) is 0 Å². The van der Waals surface area contributed by atoms with Crippen LogP contribution in [-0.2, 0) is 0 Å². The van der Waals surface area contributed by atoms with Crippen LogP contribution in [0.5, 0.6) is 0 Å². The van der Waals surface area contributed by atoms with Crippen molar-refractivity contribution in [3.63, 3.8) is 0 Å². The van der Waals surface area contributed by atoms with Crippen molar-refractivity contribution in [2.45, 2.75) is 13.1 Å². The second-order valence-electron chi connectivity index (χ2n) is 9.75. The zero-order chi connectivity index (χ0) is 21.4. The minimum absolute atomic E-state index is 0.245. The summed E-state index contributed by atoms with van der Waals surface area (Å²) in [5.41, 5.74) is 4.33. The molecule has 0 saturated carbocycles. The third-order valence-corrected chi connectivity index (χ3v) is 11.3. The van der Waals surface area contributed by atoms with E-state index < -0.39 is 8.07 Å². The molecule has 0 nitrogen and oxygen atoms in total. The predicted molar refractivity (Wildman–Crippen MR) is 144 cm³/mol. The Labute approximate surface area is 189 Å². The van der Waals surface area contributed by atoms with Crippen molar-refractivity contribution < 1.29 is 0 Å². The van der Waals surface area contributed by atoms with Gasteiger partial charge in [-0.15, -0.1) is 0 Å². The molecule has 0 spiro atoms. The van der Waals surface area contributed by atoms with Crippen LogP contribution in [0.1, 0.15) is 0 Å². The largest absolute Gasteiger partial charge is 0.241 e. The van der Waals surface area contributed by atoms with Crippen LogP contribution in [0.4, 0.5) is 0 Å². The lowest BCUT2D eigenvalue weighted by molar-refractivity contribution is 1.73. The zero-order valence-corrected chi connectivity index (χ0v) is 19.4. The Kier molecular flexibility index (Phi) is 3.61. The Morgan fingerprint density at radius 2 is 1.19 bits per heavy atom. The Morgan fingerprint density at radius 1 is 0.500 bits per heavy atom. The standard InChI is InChI=1S/C30H23BSi/c1-32(2)26-14-7-6-13-24(26)31(23-11-4-3-5-12-23)25-19-22-10-8-9-20-15-16-21-17-18-27(32)30(25)29(21)28(20)22/h3-19H,1-2H3. The fourth-order valence-corrected chi connectivity index (χ4v) is 9.41. The van der Waals surface area contributed by atoms with Gasteiger partial charge in [0.05, 0.1) is 0 Å². The highest BCUT2D eigenvalue weighted by Gasteiger charge is 2.39. The number of hydrogen-bond donors (Lipinski definition) is 0. The van der Waals surface area contributed by atoms with E-state index >= 15 is 0 Å². The Hall–Kier alpha value is -3.36. The zero-order valence-electron chi connectivity index (χ0n) is 18.4. The van der Waals surface area contributed by atoms with Gasteiger partial charge in [-0.3, -0.25) is 0 Å². The molecule has 6 aromatic carbocycles. The molecule has 32 heavy (non-hydrogen) atoms. The molecule has 0 aromatic heterocycles. The molecular formula is C30H23BSi. The summed E-state index contributed by atoms with van der Waals surface area (Å²) in [4.78, 5) is 0. The summed E-state index contributed by atoms with van der Waals surface area (Å²) in [5.74, 6) is 0. The van der Waals surface area contributed by atoms with Crippen molar-refractivity contribution in [1.82, 2.24) is 0 Å². The van der Waals surface area contributed by atoms with Crippen LogP contribution in [0.3, 0.4) is 0 Å². The third-order valence-electron chi connectivity index (χ3n) is 7.72. The van der Waals surface area contributed by atoms with Gasteiger partial charge < -0.3 is 0 Å².